The maximum atomic E-state index is 12.7. The van der Waals surface area contributed by atoms with Crippen molar-refractivity contribution in [1.29, 1.82) is 0 Å². The van der Waals surface area contributed by atoms with E-state index in [0.29, 0.717) is 12.5 Å². The average Bonchev–Trinajstić information content (AvgIpc) is 2.79. The van der Waals surface area contributed by atoms with Gasteiger partial charge in [-0.25, -0.2) is 0 Å². The average molecular weight is 332 g/mol. The Morgan fingerprint density at radius 3 is 2.46 bits per heavy atom. The molecule has 0 saturated carbocycles. The van der Waals surface area contributed by atoms with Crippen LogP contribution in [0.25, 0.3) is 0 Å². The van der Waals surface area contributed by atoms with Crippen LogP contribution in [-0.2, 0) is 4.79 Å². The standard InChI is InChI=1S/C19H28N2O3/c1-14(2)15-6-8-16(9-7-15)19(24)21-11-4-5-17(10-12-21)20(3)13-18(22)23/h6-9,14,17H,4-5,10-13H2,1-3H3,(H,22,23). The van der Waals surface area contributed by atoms with Crippen LogP contribution in [0.15, 0.2) is 24.3 Å². The van der Waals surface area contributed by atoms with E-state index in [9.17, 15) is 9.59 Å². The molecule has 1 N–H and O–H groups in total. The summed E-state index contributed by atoms with van der Waals surface area (Å²) in [5, 5.41) is 8.93. The second-order valence-electron chi connectivity index (χ2n) is 6.96. The largest absolute Gasteiger partial charge is 0.480 e. The van der Waals surface area contributed by atoms with E-state index in [1.165, 1.54) is 5.56 Å². The Kier molecular flexibility index (Phi) is 6.37. The summed E-state index contributed by atoms with van der Waals surface area (Å²) in [5.41, 5.74) is 1.97. The van der Waals surface area contributed by atoms with E-state index in [-0.39, 0.29) is 18.5 Å². The molecule has 1 fully saturated rings. The van der Waals surface area contributed by atoms with Gasteiger partial charge in [-0.1, -0.05) is 26.0 Å². The Labute approximate surface area is 144 Å². The fourth-order valence-corrected chi connectivity index (χ4v) is 3.26. The first-order chi connectivity index (χ1) is 11.4. The van der Waals surface area contributed by atoms with Gasteiger partial charge in [-0.3, -0.25) is 14.5 Å². The lowest BCUT2D eigenvalue weighted by Gasteiger charge is -2.25. The summed E-state index contributed by atoms with van der Waals surface area (Å²) in [7, 11) is 1.85. The Balaban J connectivity index is 1.97. The van der Waals surface area contributed by atoms with Gasteiger partial charge in [0.15, 0.2) is 0 Å². The van der Waals surface area contributed by atoms with Crippen molar-refractivity contribution < 1.29 is 14.7 Å². The van der Waals surface area contributed by atoms with E-state index in [2.05, 4.69) is 13.8 Å². The highest BCUT2D eigenvalue weighted by molar-refractivity contribution is 5.94. The number of carbonyl (C=O) groups excluding carboxylic acids is 1. The Morgan fingerprint density at radius 2 is 1.88 bits per heavy atom. The van der Waals surface area contributed by atoms with Crippen LogP contribution in [-0.4, -0.2) is 59.5 Å². The Morgan fingerprint density at radius 1 is 1.21 bits per heavy atom. The number of carboxylic acid groups (broad SMARTS) is 1. The Bertz CT molecular complexity index is 568. The number of aliphatic carboxylic acids is 1. The van der Waals surface area contributed by atoms with Gasteiger partial charge in [0.2, 0.25) is 0 Å². The molecule has 0 spiro atoms. The van der Waals surface area contributed by atoms with Crippen molar-refractivity contribution in [3.05, 3.63) is 35.4 Å². The number of carbonyl (C=O) groups is 2. The Hall–Kier alpha value is -1.88. The molecular weight excluding hydrogens is 304 g/mol. The van der Waals surface area contributed by atoms with E-state index in [4.69, 9.17) is 5.11 Å². The van der Waals surface area contributed by atoms with Gasteiger partial charge in [0.25, 0.3) is 5.91 Å². The number of likely N-dealkylation sites (N-methyl/N-ethyl adjacent to an activating group) is 1. The molecule has 5 heteroatoms. The van der Waals surface area contributed by atoms with Crippen LogP contribution < -0.4 is 0 Å². The van der Waals surface area contributed by atoms with Gasteiger partial charge >= 0.3 is 5.97 Å². The second kappa shape index (κ2) is 8.29. The van der Waals surface area contributed by atoms with E-state index in [0.717, 1.165) is 31.4 Å². The third-order valence-corrected chi connectivity index (χ3v) is 4.82. The third kappa shape index (κ3) is 4.81. The molecule has 1 aromatic carbocycles. The van der Waals surface area contributed by atoms with Gasteiger partial charge in [-0.15, -0.1) is 0 Å². The number of carboxylic acids is 1. The maximum absolute atomic E-state index is 12.7. The lowest BCUT2D eigenvalue weighted by Crippen LogP contribution is -2.37. The van der Waals surface area contributed by atoms with Crippen molar-refractivity contribution in [1.82, 2.24) is 9.80 Å². The summed E-state index contributed by atoms with van der Waals surface area (Å²) < 4.78 is 0. The number of rotatable bonds is 5. The summed E-state index contributed by atoms with van der Waals surface area (Å²) in [4.78, 5) is 27.4. The van der Waals surface area contributed by atoms with Gasteiger partial charge in [0.1, 0.15) is 0 Å². The van der Waals surface area contributed by atoms with Crippen molar-refractivity contribution in [2.75, 3.05) is 26.7 Å². The van der Waals surface area contributed by atoms with Crippen LogP contribution >= 0.6 is 0 Å². The number of benzene rings is 1. The highest BCUT2D eigenvalue weighted by Crippen LogP contribution is 2.19. The van der Waals surface area contributed by atoms with E-state index in [1.54, 1.807) is 0 Å². The van der Waals surface area contributed by atoms with Gasteiger partial charge < -0.3 is 10.0 Å². The molecule has 0 radical (unpaired) electrons. The fourth-order valence-electron chi connectivity index (χ4n) is 3.26. The minimum atomic E-state index is -0.806. The van der Waals surface area contributed by atoms with Crippen molar-refractivity contribution in [2.45, 2.75) is 45.1 Å². The molecule has 1 amide bonds. The van der Waals surface area contributed by atoms with Crippen LogP contribution in [0.4, 0.5) is 0 Å². The van der Waals surface area contributed by atoms with Crippen molar-refractivity contribution in [2.24, 2.45) is 0 Å². The van der Waals surface area contributed by atoms with E-state index < -0.39 is 5.97 Å². The monoisotopic (exact) mass is 332 g/mol. The number of nitrogens with zero attached hydrogens (tertiary/aromatic N) is 2. The zero-order chi connectivity index (χ0) is 17.7. The molecule has 0 aliphatic carbocycles. The molecule has 1 aromatic rings. The number of hydrogen-bond acceptors (Lipinski definition) is 3. The molecule has 0 aromatic heterocycles. The van der Waals surface area contributed by atoms with E-state index >= 15 is 0 Å². The first-order valence-electron chi connectivity index (χ1n) is 8.69. The first kappa shape index (κ1) is 18.5. The van der Waals surface area contributed by atoms with Crippen LogP contribution in [0.3, 0.4) is 0 Å². The SMILES string of the molecule is CC(C)c1ccc(C(=O)N2CCCC(N(C)CC(=O)O)CC2)cc1. The van der Waals surface area contributed by atoms with Gasteiger partial charge in [0, 0.05) is 24.7 Å². The predicted molar refractivity (Wildman–Crippen MR) is 94.3 cm³/mol. The molecule has 132 valence electrons. The van der Waals surface area contributed by atoms with Crippen molar-refractivity contribution in [3.63, 3.8) is 0 Å². The van der Waals surface area contributed by atoms with Crippen LogP contribution in [0, 0.1) is 0 Å². The van der Waals surface area contributed by atoms with Gasteiger partial charge in [-0.2, -0.15) is 0 Å². The predicted octanol–water partition coefficient (Wildman–Crippen LogP) is 2.82. The van der Waals surface area contributed by atoms with Crippen LogP contribution in [0.1, 0.15) is 54.9 Å². The first-order valence-corrected chi connectivity index (χ1v) is 8.69. The van der Waals surface area contributed by atoms with Crippen LogP contribution in [0.5, 0.6) is 0 Å². The summed E-state index contributed by atoms with van der Waals surface area (Å²) >= 11 is 0. The third-order valence-electron chi connectivity index (χ3n) is 4.82. The molecular formula is C19H28N2O3. The van der Waals surface area contributed by atoms with Crippen molar-refractivity contribution in [3.8, 4) is 0 Å². The molecule has 5 nitrogen and oxygen atoms in total. The minimum absolute atomic E-state index is 0.0509. The molecule has 2 rings (SSSR count). The summed E-state index contributed by atoms with van der Waals surface area (Å²) in [5.74, 6) is -0.273. The number of likely N-dealkylation sites (tertiary alicyclic amines) is 1. The molecule has 24 heavy (non-hydrogen) atoms. The van der Waals surface area contributed by atoms with Crippen LogP contribution in [0.2, 0.25) is 0 Å². The van der Waals surface area contributed by atoms with E-state index in [1.807, 2.05) is 41.1 Å². The maximum Gasteiger partial charge on any atom is 0.317 e. The molecule has 1 aliphatic heterocycles. The molecule has 1 heterocycles. The topological polar surface area (TPSA) is 60.9 Å². The quantitative estimate of drug-likeness (QED) is 0.901. The fraction of sp³-hybridized carbons (Fsp3) is 0.579. The summed E-state index contributed by atoms with van der Waals surface area (Å²) in [6.45, 7) is 5.75. The lowest BCUT2D eigenvalue weighted by atomic mass is 10.0. The molecule has 1 aliphatic rings. The summed E-state index contributed by atoms with van der Waals surface area (Å²) in [6.07, 6.45) is 2.66. The smallest absolute Gasteiger partial charge is 0.317 e. The molecule has 1 atom stereocenters. The minimum Gasteiger partial charge on any atom is -0.480 e. The molecule has 0 bridgehead atoms. The van der Waals surface area contributed by atoms with Gasteiger partial charge in [0.05, 0.1) is 6.54 Å². The zero-order valence-electron chi connectivity index (χ0n) is 14.9. The summed E-state index contributed by atoms with van der Waals surface area (Å²) in [6, 6.07) is 8.10. The highest BCUT2D eigenvalue weighted by atomic mass is 16.4. The van der Waals surface area contributed by atoms with Crippen molar-refractivity contribution >= 4 is 11.9 Å². The number of hydrogen-bond donors (Lipinski definition) is 1. The molecule has 1 saturated heterocycles. The second-order valence-corrected chi connectivity index (χ2v) is 6.96. The highest BCUT2D eigenvalue weighted by Gasteiger charge is 2.24. The normalized spacial score (nSPS) is 18.7. The zero-order valence-corrected chi connectivity index (χ0v) is 14.9. The number of amides is 1. The van der Waals surface area contributed by atoms with Gasteiger partial charge in [-0.05, 0) is 49.9 Å². The molecule has 1 unspecified atom stereocenters. The lowest BCUT2D eigenvalue weighted by molar-refractivity contribution is -0.138.